The first kappa shape index (κ1) is 17.7. The summed E-state index contributed by atoms with van der Waals surface area (Å²) in [5, 5.41) is 18.6. The summed E-state index contributed by atoms with van der Waals surface area (Å²) in [6, 6.07) is 15.3. The number of nitrogens with one attached hydrogen (secondary N) is 1. The van der Waals surface area contributed by atoms with Gasteiger partial charge in [0.25, 0.3) is 11.6 Å². The monoisotopic (exact) mass is 378 g/mol. The number of hydrogen-bond acceptors (Lipinski definition) is 5. The fourth-order valence-corrected chi connectivity index (χ4v) is 2.87. The lowest BCUT2D eigenvalue weighted by Crippen LogP contribution is -2.27. The number of hydrogen-bond donors (Lipinski definition) is 1. The molecule has 1 heterocycles. The Morgan fingerprint density at radius 1 is 1.21 bits per heavy atom. The summed E-state index contributed by atoms with van der Waals surface area (Å²) in [5.41, 5.74) is 2.13. The van der Waals surface area contributed by atoms with Crippen molar-refractivity contribution in [2.75, 3.05) is 7.11 Å². The molecule has 0 atom stereocenters. The van der Waals surface area contributed by atoms with Crippen molar-refractivity contribution in [1.82, 2.24) is 15.1 Å². The fraction of sp³-hybridized carbons (Fsp3) is 0.200. The zero-order valence-electron chi connectivity index (χ0n) is 15.2. The van der Waals surface area contributed by atoms with Crippen molar-refractivity contribution in [3.05, 3.63) is 70.4 Å². The first-order chi connectivity index (χ1) is 13.5. The average Bonchev–Trinajstić information content (AvgIpc) is 3.41. The van der Waals surface area contributed by atoms with E-state index in [0.29, 0.717) is 22.8 Å². The minimum absolute atomic E-state index is 0.0625. The van der Waals surface area contributed by atoms with Crippen LogP contribution in [0.4, 0.5) is 5.69 Å². The maximum Gasteiger partial charge on any atom is 0.271 e. The van der Waals surface area contributed by atoms with E-state index < -0.39 is 4.92 Å². The van der Waals surface area contributed by atoms with Crippen LogP contribution in [0.15, 0.2) is 54.6 Å². The van der Waals surface area contributed by atoms with Crippen LogP contribution in [0.1, 0.15) is 23.3 Å². The first-order valence-electron chi connectivity index (χ1n) is 8.85. The van der Waals surface area contributed by atoms with E-state index in [2.05, 4.69) is 10.4 Å². The van der Waals surface area contributed by atoms with E-state index in [-0.39, 0.29) is 17.6 Å². The maximum absolute atomic E-state index is 12.7. The largest absolute Gasteiger partial charge is 0.497 e. The maximum atomic E-state index is 12.7. The normalized spacial score (nSPS) is 13.2. The number of benzene rings is 2. The second-order valence-corrected chi connectivity index (χ2v) is 6.58. The lowest BCUT2D eigenvalue weighted by atomic mass is 10.1. The molecule has 2 aromatic carbocycles. The molecular weight excluding hydrogens is 360 g/mol. The third-order valence-corrected chi connectivity index (χ3v) is 4.53. The number of non-ortho nitro benzene ring substituents is 1. The number of nitro benzene ring substituents is 1. The predicted molar refractivity (Wildman–Crippen MR) is 103 cm³/mol. The van der Waals surface area contributed by atoms with Gasteiger partial charge in [-0.3, -0.25) is 14.9 Å². The van der Waals surface area contributed by atoms with E-state index >= 15 is 0 Å². The third kappa shape index (κ3) is 3.57. The summed E-state index contributed by atoms with van der Waals surface area (Å²) >= 11 is 0. The number of aromatic nitrogens is 2. The van der Waals surface area contributed by atoms with Crippen LogP contribution >= 0.6 is 0 Å². The summed E-state index contributed by atoms with van der Waals surface area (Å²) in [6.45, 7) is 0. The quantitative estimate of drug-likeness (QED) is 0.524. The Labute approximate surface area is 160 Å². The van der Waals surface area contributed by atoms with Gasteiger partial charge >= 0.3 is 0 Å². The Balaban J connectivity index is 1.78. The zero-order chi connectivity index (χ0) is 19.7. The van der Waals surface area contributed by atoms with Crippen LogP contribution in [0.5, 0.6) is 5.75 Å². The van der Waals surface area contributed by atoms with Crippen LogP contribution in [-0.2, 0) is 0 Å². The molecule has 0 saturated heterocycles. The minimum atomic E-state index is -0.471. The number of rotatable bonds is 6. The molecule has 1 amide bonds. The highest BCUT2D eigenvalue weighted by Gasteiger charge is 2.26. The predicted octanol–water partition coefficient (Wildman–Crippen LogP) is 3.35. The molecule has 1 fully saturated rings. The molecule has 142 valence electrons. The molecule has 4 rings (SSSR count). The Morgan fingerprint density at radius 3 is 2.61 bits per heavy atom. The van der Waals surface area contributed by atoms with Crippen molar-refractivity contribution in [2.45, 2.75) is 18.9 Å². The van der Waals surface area contributed by atoms with Crippen LogP contribution in [0, 0.1) is 10.1 Å². The lowest BCUT2D eigenvalue weighted by Gasteiger charge is -2.07. The molecule has 1 saturated carbocycles. The van der Waals surface area contributed by atoms with Gasteiger partial charge in [0.1, 0.15) is 11.4 Å². The smallest absolute Gasteiger partial charge is 0.271 e. The van der Waals surface area contributed by atoms with E-state index in [1.807, 2.05) is 24.3 Å². The van der Waals surface area contributed by atoms with Gasteiger partial charge in [0, 0.05) is 23.7 Å². The fourth-order valence-electron chi connectivity index (χ4n) is 2.87. The molecule has 1 aliphatic rings. The first-order valence-corrected chi connectivity index (χ1v) is 8.85. The molecule has 8 nitrogen and oxygen atoms in total. The van der Waals surface area contributed by atoms with E-state index in [1.54, 1.807) is 25.3 Å². The molecule has 0 spiro atoms. The second-order valence-electron chi connectivity index (χ2n) is 6.58. The molecule has 0 unspecified atom stereocenters. The van der Waals surface area contributed by atoms with Gasteiger partial charge in [0.15, 0.2) is 0 Å². The molecule has 0 radical (unpaired) electrons. The highest BCUT2D eigenvalue weighted by atomic mass is 16.6. The molecule has 3 aromatic rings. The van der Waals surface area contributed by atoms with Crippen molar-refractivity contribution in [3.63, 3.8) is 0 Å². The number of carbonyl (C=O) groups excluding carboxylic acids is 1. The van der Waals surface area contributed by atoms with Crippen molar-refractivity contribution < 1.29 is 14.5 Å². The molecule has 28 heavy (non-hydrogen) atoms. The summed E-state index contributed by atoms with van der Waals surface area (Å²) in [5.74, 6) is 0.467. The van der Waals surface area contributed by atoms with Gasteiger partial charge in [-0.05, 0) is 49.2 Å². The summed E-state index contributed by atoms with van der Waals surface area (Å²) in [4.78, 5) is 23.4. The minimum Gasteiger partial charge on any atom is -0.497 e. The Kier molecular flexibility index (Phi) is 4.52. The highest BCUT2D eigenvalue weighted by Crippen LogP contribution is 2.26. The Bertz CT molecular complexity index is 1040. The van der Waals surface area contributed by atoms with Crippen LogP contribution in [-0.4, -0.2) is 33.8 Å². The van der Waals surface area contributed by atoms with E-state index in [1.165, 1.54) is 16.8 Å². The van der Waals surface area contributed by atoms with E-state index in [0.717, 1.165) is 18.4 Å². The van der Waals surface area contributed by atoms with Crippen molar-refractivity contribution in [3.8, 4) is 22.7 Å². The number of methoxy groups -OCH3 is 1. The van der Waals surface area contributed by atoms with Gasteiger partial charge < -0.3 is 10.1 Å². The number of nitro groups is 1. The summed E-state index contributed by atoms with van der Waals surface area (Å²) < 4.78 is 6.62. The molecule has 1 aromatic heterocycles. The van der Waals surface area contributed by atoms with Crippen LogP contribution in [0.3, 0.4) is 0 Å². The zero-order valence-corrected chi connectivity index (χ0v) is 15.2. The summed E-state index contributed by atoms with van der Waals surface area (Å²) in [7, 11) is 1.59. The third-order valence-electron chi connectivity index (χ3n) is 4.53. The van der Waals surface area contributed by atoms with Crippen molar-refractivity contribution >= 4 is 11.6 Å². The SMILES string of the molecule is COc1ccc(-c2cc(C(=O)NC3CC3)n(-c3cccc([N+](=O)[O-])c3)n2)cc1. The molecule has 0 aliphatic heterocycles. The lowest BCUT2D eigenvalue weighted by molar-refractivity contribution is -0.384. The average molecular weight is 378 g/mol. The topological polar surface area (TPSA) is 99.3 Å². The number of carbonyl (C=O) groups is 1. The molecule has 8 heteroatoms. The Morgan fingerprint density at radius 2 is 1.96 bits per heavy atom. The van der Waals surface area contributed by atoms with Gasteiger partial charge in [-0.25, -0.2) is 4.68 Å². The molecule has 1 aliphatic carbocycles. The van der Waals surface area contributed by atoms with E-state index in [9.17, 15) is 14.9 Å². The highest BCUT2D eigenvalue weighted by molar-refractivity contribution is 5.94. The Hall–Kier alpha value is -3.68. The van der Waals surface area contributed by atoms with Gasteiger partial charge in [-0.2, -0.15) is 5.10 Å². The summed E-state index contributed by atoms with van der Waals surface area (Å²) in [6.07, 6.45) is 1.92. The van der Waals surface area contributed by atoms with Gasteiger partial charge in [-0.15, -0.1) is 0 Å². The van der Waals surface area contributed by atoms with E-state index in [4.69, 9.17) is 4.74 Å². The standard InChI is InChI=1S/C20H18N4O4/c1-28-17-9-5-13(6-10-17)18-12-19(20(25)21-14-7-8-14)23(22-18)15-3-2-4-16(11-15)24(26)27/h2-6,9-12,14H,7-8H2,1H3,(H,21,25). The number of nitrogens with zero attached hydrogens (tertiary/aromatic N) is 3. The molecular formula is C20H18N4O4. The van der Waals surface area contributed by atoms with Crippen LogP contribution < -0.4 is 10.1 Å². The molecule has 0 bridgehead atoms. The van der Waals surface area contributed by atoms with Crippen molar-refractivity contribution in [1.29, 1.82) is 0 Å². The van der Waals surface area contributed by atoms with Crippen LogP contribution in [0.25, 0.3) is 16.9 Å². The van der Waals surface area contributed by atoms with Gasteiger partial charge in [0.05, 0.1) is 23.4 Å². The second kappa shape index (κ2) is 7.15. The molecule has 1 N–H and O–H groups in total. The van der Waals surface area contributed by atoms with Crippen molar-refractivity contribution in [2.24, 2.45) is 0 Å². The number of amides is 1. The van der Waals surface area contributed by atoms with Gasteiger partial charge in [-0.1, -0.05) is 6.07 Å². The van der Waals surface area contributed by atoms with Crippen LogP contribution in [0.2, 0.25) is 0 Å². The number of ether oxygens (including phenoxy) is 1. The van der Waals surface area contributed by atoms with Gasteiger partial charge in [0.2, 0.25) is 0 Å².